The lowest BCUT2D eigenvalue weighted by Crippen LogP contribution is -2.36. The van der Waals surface area contributed by atoms with Crippen molar-refractivity contribution in [2.24, 2.45) is 5.92 Å². The zero-order chi connectivity index (χ0) is 16.2. The van der Waals surface area contributed by atoms with Crippen LogP contribution >= 0.6 is 11.6 Å². The molecule has 0 saturated heterocycles. The average molecular weight is 315 g/mol. The van der Waals surface area contributed by atoms with Crippen molar-refractivity contribution >= 4 is 29.3 Å². The Morgan fingerprint density at radius 1 is 1.48 bits per heavy atom. The number of carboxylic acids is 1. The molecule has 2 amide bonds. The molecule has 0 spiro atoms. The second-order valence-corrected chi connectivity index (χ2v) is 5.26. The molecule has 116 valence electrons. The van der Waals surface area contributed by atoms with Crippen LogP contribution in [0, 0.1) is 12.8 Å². The van der Waals surface area contributed by atoms with Gasteiger partial charge in [0.1, 0.15) is 5.75 Å². The van der Waals surface area contributed by atoms with Crippen molar-refractivity contribution in [3.63, 3.8) is 0 Å². The molecule has 0 heterocycles. The summed E-state index contributed by atoms with van der Waals surface area (Å²) < 4.78 is 5.14. The normalized spacial score (nSPS) is 11.7. The minimum Gasteiger partial charge on any atom is -0.496 e. The molecule has 0 aliphatic rings. The number of aliphatic carboxylic acids is 1. The fourth-order valence-corrected chi connectivity index (χ4v) is 1.96. The lowest BCUT2D eigenvalue weighted by Gasteiger charge is -2.20. The Morgan fingerprint density at radius 3 is 2.62 bits per heavy atom. The van der Waals surface area contributed by atoms with Gasteiger partial charge in [-0.2, -0.15) is 0 Å². The predicted molar refractivity (Wildman–Crippen MR) is 81.2 cm³/mol. The molecule has 0 aliphatic heterocycles. The Labute approximate surface area is 128 Å². The largest absolute Gasteiger partial charge is 0.496 e. The molecule has 1 aromatic carbocycles. The van der Waals surface area contributed by atoms with E-state index in [-0.39, 0.29) is 6.54 Å². The summed E-state index contributed by atoms with van der Waals surface area (Å²) in [6.45, 7) is 3.48. The maximum Gasteiger partial charge on any atom is 0.321 e. The minimum absolute atomic E-state index is 0.105. The fourth-order valence-electron chi connectivity index (χ4n) is 1.76. The molecule has 7 heteroatoms. The number of urea groups is 1. The zero-order valence-electron chi connectivity index (χ0n) is 12.4. The van der Waals surface area contributed by atoms with Gasteiger partial charge in [0.05, 0.1) is 23.7 Å². The first-order chi connectivity index (χ1) is 9.76. The van der Waals surface area contributed by atoms with Crippen LogP contribution in [0.15, 0.2) is 12.1 Å². The van der Waals surface area contributed by atoms with Crippen LogP contribution in [-0.2, 0) is 4.79 Å². The summed E-state index contributed by atoms with van der Waals surface area (Å²) in [5.74, 6) is -0.965. The van der Waals surface area contributed by atoms with Crippen LogP contribution in [0.4, 0.5) is 10.5 Å². The van der Waals surface area contributed by atoms with Crippen LogP contribution in [-0.4, -0.2) is 42.7 Å². The Hall–Kier alpha value is -1.95. The van der Waals surface area contributed by atoms with Crippen molar-refractivity contribution in [1.29, 1.82) is 0 Å². The van der Waals surface area contributed by atoms with Crippen LogP contribution in [0.1, 0.15) is 12.5 Å². The van der Waals surface area contributed by atoms with Crippen molar-refractivity contribution in [2.45, 2.75) is 13.8 Å². The standard InChI is InChI=1S/C14H19ClN2O4/c1-8-5-11(10(15)6-12(8)21-4)16-14(20)17(3)7-9(2)13(18)19/h5-6,9H,7H2,1-4H3,(H,16,20)(H,18,19). The molecule has 1 unspecified atom stereocenters. The molecule has 6 nitrogen and oxygen atoms in total. The van der Waals surface area contributed by atoms with E-state index in [2.05, 4.69) is 5.32 Å². The molecular formula is C14H19ClN2O4. The van der Waals surface area contributed by atoms with Gasteiger partial charge < -0.3 is 20.1 Å². The smallest absolute Gasteiger partial charge is 0.321 e. The second-order valence-electron chi connectivity index (χ2n) is 4.85. The summed E-state index contributed by atoms with van der Waals surface area (Å²) in [4.78, 5) is 24.1. The van der Waals surface area contributed by atoms with Gasteiger partial charge in [-0.3, -0.25) is 4.79 Å². The third-order valence-electron chi connectivity index (χ3n) is 3.04. The van der Waals surface area contributed by atoms with E-state index in [1.54, 1.807) is 12.1 Å². The molecular weight excluding hydrogens is 296 g/mol. The molecule has 0 aliphatic carbocycles. The molecule has 21 heavy (non-hydrogen) atoms. The molecule has 0 bridgehead atoms. The molecule has 0 saturated carbocycles. The van der Waals surface area contributed by atoms with Gasteiger partial charge in [-0.05, 0) is 18.6 Å². The number of carbonyl (C=O) groups excluding carboxylic acids is 1. The van der Waals surface area contributed by atoms with E-state index in [1.165, 1.54) is 26.0 Å². The monoisotopic (exact) mass is 314 g/mol. The van der Waals surface area contributed by atoms with Crippen LogP contribution in [0.3, 0.4) is 0 Å². The number of benzene rings is 1. The average Bonchev–Trinajstić information content (AvgIpc) is 2.41. The molecule has 0 radical (unpaired) electrons. The van der Waals surface area contributed by atoms with Gasteiger partial charge in [-0.25, -0.2) is 4.79 Å². The van der Waals surface area contributed by atoms with Crippen molar-refractivity contribution in [1.82, 2.24) is 4.90 Å². The highest BCUT2D eigenvalue weighted by Crippen LogP contribution is 2.30. The number of nitrogens with zero attached hydrogens (tertiary/aromatic N) is 1. The number of hydrogen-bond acceptors (Lipinski definition) is 3. The molecule has 1 rings (SSSR count). The highest BCUT2D eigenvalue weighted by molar-refractivity contribution is 6.33. The van der Waals surface area contributed by atoms with Gasteiger partial charge in [0.25, 0.3) is 0 Å². The number of methoxy groups -OCH3 is 1. The predicted octanol–water partition coefficient (Wildman–Crippen LogP) is 2.84. The van der Waals surface area contributed by atoms with Gasteiger partial charge in [0, 0.05) is 19.7 Å². The van der Waals surface area contributed by atoms with Crippen LogP contribution in [0.25, 0.3) is 0 Å². The number of nitrogens with one attached hydrogen (secondary N) is 1. The highest BCUT2D eigenvalue weighted by atomic mass is 35.5. The van der Waals surface area contributed by atoms with E-state index < -0.39 is 17.9 Å². The van der Waals surface area contributed by atoms with Gasteiger partial charge >= 0.3 is 12.0 Å². The van der Waals surface area contributed by atoms with Crippen molar-refractivity contribution in [3.05, 3.63) is 22.7 Å². The summed E-state index contributed by atoms with van der Waals surface area (Å²) in [5, 5.41) is 11.9. The van der Waals surface area contributed by atoms with Gasteiger partial charge in [0.2, 0.25) is 0 Å². The minimum atomic E-state index is -0.951. The number of rotatable bonds is 5. The van der Waals surface area contributed by atoms with Gasteiger partial charge in [-0.1, -0.05) is 18.5 Å². The van der Waals surface area contributed by atoms with E-state index in [0.29, 0.717) is 16.5 Å². The van der Waals surface area contributed by atoms with E-state index in [4.69, 9.17) is 21.4 Å². The van der Waals surface area contributed by atoms with Crippen molar-refractivity contribution in [3.8, 4) is 5.75 Å². The lowest BCUT2D eigenvalue weighted by molar-refractivity contribution is -0.141. The third kappa shape index (κ3) is 4.53. The van der Waals surface area contributed by atoms with Crippen molar-refractivity contribution < 1.29 is 19.4 Å². The quantitative estimate of drug-likeness (QED) is 0.876. The Bertz CT molecular complexity index is 548. The van der Waals surface area contributed by atoms with Gasteiger partial charge in [0.15, 0.2) is 0 Å². The molecule has 0 fully saturated rings. The molecule has 2 N–H and O–H groups in total. The number of aryl methyl sites for hydroxylation is 1. The Balaban J connectivity index is 2.79. The highest BCUT2D eigenvalue weighted by Gasteiger charge is 2.18. The fraction of sp³-hybridized carbons (Fsp3) is 0.429. The first kappa shape index (κ1) is 17.1. The SMILES string of the molecule is COc1cc(Cl)c(NC(=O)N(C)CC(C)C(=O)O)cc1C. The number of carboxylic acid groups (broad SMARTS) is 1. The van der Waals surface area contributed by atoms with Gasteiger partial charge in [-0.15, -0.1) is 0 Å². The molecule has 1 atom stereocenters. The van der Waals surface area contributed by atoms with E-state index in [9.17, 15) is 9.59 Å². The van der Waals surface area contributed by atoms with Crippen molar-refractivity contribution in [2.75, 3.05) is 26.0 Å². The maximum atomic E-state index is 12.0. The van der Waals surface area contributed by atoms with Crippen LogP contribution in [0.2, 0.25) is 5.02 Å². The lowest BCUT2D eigenvalue weighted by atomic mass is 10.2. The van der Waals surface area contributed by atoms with E-state index in [1.807, 2.05) is 6.92 Å². The third-order valence-corrected chi connectivity index (χ3v) is 3.35. The summed E-state index contributed by atoms with van der Waals surface area (Å²) in [7, 11) is 3.07. The second kappa shape index (κ2) is 7.17. The number of hydrogen-bond donors (Lipinski definition) is 2. The summed E-state index contributed by atoms with van der Waals surface area (Å²) in [5.41, 5.74) is 1.29. The Morgan fingerprint density at radius 2 is 2.10 bits per heavy atom. The summed E-state index contributed by atoms with van der Waals surface area (Å²) >= 11 is 6.08. The van der Waals surface area contributed by atoms with E-state index >= 15 is 0 Å². The maximum absolute atomic E-state index is 12.0. The first-order valence-electron chi connectivity index (χ1n) is 6.35. The number of carbonyl (C=O) groups is 2. The first-order valence-corrected chi connectivity index (χ1v) is 6.73. The number of ether oxygens (including phenoxy) is 1. The summed E-state index contributed by atoms with van der Waals surface area (Å²) in [6, 6.07) is 2.90. The molecule has 0 aromatic heterocycles. The Kier molecular flexibility index (Phi) is 5.84. The van der Waals surface area contributed by atoms with Crippen LogP contribution < -0.4 is 10.1 Å². The summed E-state index contributed by atoms with van der Waals surface area (Å²) in [6.07, 6.45) is 0. The number of anilines is 1. The topological polar surface area (TPSA) is 78.9 Å². The van der Waals surface area contributed by atoms with E-state index in [0.717, 1.165) is 5.56 Å². The molecule has 1 aromatic rings. The number of halogens is 1. The van der Waals surface area contributed by atoms with Crippen LogP contribution in [0.5, 0.6) is 5.75 Å². The number of amides is 2. The zero-order valence-corrected chi connectivity index (χ0v) is 13.2.